The van der Waals surface area contributed by atoms with Crippen LogP contribution in [0, 0.1) is 0 Å². The fourth-order valence-corrected chi connectivity index (χ4v) is 6.01. The monoisotopic (exact) mass is 538 g/mol. The van der Waals surface area contributed by atoms with Crippen LogP contribution in [0.25, 0.3) is 0 Å². The Hall–Kier alpha value is -1.57. The minimum absolute atomic E-state index is 1.15. The maximum absolute atomic E-state index is 2.60. The second kappa shape index (κ2) is 24.2. The number of imidazole rings is 1. The van der Waals surface area contributed by atoms with E-state index in [9.17, 15) is 0 Å². The summed E-state index contributed by atoms with van der Waals surface area (Å²) < 4.78 is 5.17. The molecule has 2 rings (SSSR count). The van der Waals surface area contributed by atoms with Crippen LogP contribution in [0.3, 0.4) is 0 Å². The molecule has 0 aliphatic heterocycles. The molecule has 1 aromatic carbocycles. The lowest BCUT2D eigenvalue weighted by Crippen LogP contribution is -2.37. The molecular formula is C37H65N2+. The van der Waals surface area contributed by atoms with Crippen molar-refractivity contribution in [1.82, 2.24) is 4.57 Å². The van der Waals surface area contributed by atoms with Gasteiger partial charge in [-0.3, -0.25) is 0 Å². The molecule has 0 spiro atoms. The molecule has 2 nitrogen and oxygen atoms in total. The second-order valence-electron chi connectivity index (χ2n) is 12.2. The summed E-state index contributed by atoms with van der Waals surface area (Å²) >= 11 is 0. The van der Waals surface area contributed by atoms with Gasteiger partial charge in [0.2, 0.25) is 0 Å². The van der Waals surface area contributed by atoms with E-state index in [1.165, 1.54) is 166 Å². The van der Waals surface area contributed by atoms with Gasteiger partial charge in [0.1, 0.15) is 12.4 Å². The molecule has 0 atom stereocenters. The van der Waals surface area contributed by atoms with Crippen molar-refractivity contribution in [3.8, 4) is 0 Å². The number of nitrogens with zero attached hydrogens (tertiary/aromatic N) is 2. The number of benzene rings is 1. The van der Waals surface area contributed by atoms with Gasteiger partial charge in [0.25, 0.3) is 5.82 Å². The number of hydrogen-bond donors (Lipinski definition) is 0. The summed E-state index contributed by atoms with van der Waals surface area (Å²) in [6.07, 6.45) is 38.2. The van der Waals surface area contributed by atoms with Crippen LogP contribution < -0.4 is 4.57 Å². The second-order valence-corrected chi connectivity index (χ2v) is 12.2. The molecule has 0 aliphatic rings. The molecular weight excluding hydrogens is 472 g/mol. The Morgan fingerprint density at radius 2 is 1.00 bits per heavy atom. The van der Waals surface area contributed by atoms with Crippen LogP contribution in [0.5, 0.6) is 0 Å². The largest absolute Gasteiger partial charge is 0.256 e. The molecule has 2 heteroatoms. The van der Waals surface area contributed by atoms with E-state index in [-0.39, 0.29) is 0 Å². The Morgan fingerprint density at radius 3 is 1.54 bits per heavy atom. The van der Waals surface area contributed by atoms with Gasteiger partial charge in [-0.25, -0.2) is 9.13 Å². The van der Waals surface area contributed by atoms with Crippen molar-refractivity contribution in [2.45, 2.75) is 181 Å². The van der Waals surface area contributed by atoms with Crippen LogP contribution in [-0.2, 0) is 25.9 Å². The molecule has 0 aliphatic carbocycles. The Kier molecular flexibility index (Phi) is 20.9. The topological polar surface area (TPSA) is 8.81 Å². The minimum Gasteiger partial charge on any atom is -0.234 e. The van der Waals surface area contributed by atoms with Gasteiger partial charge in [-0.2, -0.15) is 0 Å². The smallest absolute Gasteiger partial charge is 0.234 e. The van der Waals surface area contributed by atoms with Crippen LogP contribution in [-0.4, -0.2) is 4.57 Å². The average molecular weight is 538 g/mol. The molecule has 0 bridgehead atoms. The first-order valence-electron chi connectivity index (χ1n) is 17.5. The standard InChI is InChI=1S/C37H65N2/c1-3-5-7-9-11-12-13-14-15-16-17-19-21-26-32-38-34-35-39(33-27-30-36-28-23-22-24-29-36)37(38)31-25-20-18-10-8-6-4-2/h22-24,28-29,34-35H,3-21,25-27,30-33H2,1-2H3/q+1. The highest BCUT2D eigenvalue weighted by molar-refractivity contribution is 5.14. The van der Waals surface area contributed by atoms with Crippen molar-refractivity contribution in [2.75, 3.05) is 0 Å². The van der Waals surface area contributed by atoms with Gasteiger partial charge in [0, 0.05) is 6.42 Å². The zero-order valence-corrected chi connectivity index (χ0v) is 26.3. The van der Waals surface area contributed by atoms with Crippen molar-refractivity contribution in [1.29, 1.82) is 0 Å². The highest BCUT2D eigenvalue weighted by Gasteiger charge is 2.16. The van der Waals surface area contributed by atoms with Crippen molar-refractivity contribution < 1.29 is 4.57 Å². The molecule has 0 saturated carbocycles. The summed E-state index contributed by atoms with van der Waals surface area (Å²) in [6.45, 7) is 6.96. The number of hydrogen-bond acceptors (Lipinski definition) is 0. The van der Waals surface area contributed by atoms with Gasteiger partial charge in [-0.05, 0) is 37.7 Å². The van der Waals surface area contributed by atoms with Crippen molar-refractivity contribution in [2.24, 2.45) is 0 Å². The Balaban J connectivity index is 1.64. The van der Waals surface area contributed by atoms with Gasteiger partial charge >= 0.3 is 0 Å². The predicted octanol–water partition coefficient (Wildman–Crippen LogP) is 11.2. The summed E-state index contributed by atoms with van der Waals surface area (Å²) in [5.74, 6) is 1.58. The summed E-state index contributed by atoms with van der Waals surface area (Å²) in [4.78, 5) is 0. The first-order valence-corrected chi connectivity index (χ1v) is 17.5. The summed E-state index contributed by atoms with van der Waals surface area (Å²) in [5.41, 5.74) is 1.47. The van der Waals surface area contributed by atoms with Crippen LogP contribution in [0.4, 0.5) is 0 Å². The Morgan fingerprint density at radius 1 is 0.513 bits per heavy atom. The van der Waals surface area contributed by atoms with Gasteiger partial charge in [0.05, 0.1) is 13.1 Å². The van der Waals surface area contributed by atoms with Gasteiger partial charge in [-0.1, -0.05) is 160 Å². The third-order valence-corrected chi connectivity index (χ3v) is 8.55. The van der Waals surface area contributed by atoms with Crippen LogP contribution in [0.2, 0.25) is 0 Å². The normalized spacial score (nSPS) is 11.4. The van der Waals surface area contributed by atoms with E-state index in [2.05, 4.69) is 65.7 Å². The first-order chi connectivity index (χ1) is 19.3. The predicted molar refractivity (Wildman–Crippen MR) is 171 cm³/mol. The maximum Gasteiger partial charge on any atom is 0.256 e. The fourth-order valence-electron chi connectivity index (χ4n) is 6.01. The third-order valence-electron chi connectivity index (χ3n) is 8.55. The quantitative estimate of drug-likeness (QED) is 0.0791. The van der Waals surface area contributed by atoms with Crippen molar-refractivity contribution >= 4 is 0 Å². The van der Waals surface area contributed by atoms with Gasteiger partial charge in [0.15, 0.2) is 0 Å². The molecule has 0 amide bonds. The third kappa shape index (κ3) is 17.0. The molecule has 0 unspecified atom stereocenters. The van der Waals surface area contributed by atoms with E-state index < -0.39 is 0 Å². The number of aryl methyl sites for hydroxylation is 3. The molecule has 0 N–H and O–H groups in total. The van der Waals surface area contributed by atoms with Crippen LogP contribution in [0.15, 0.2) is 42.7 Å². The Bertz CT molecular complexity index is 778. The number of aromatic nitrogens is 2. The zero-order valence-electron chi connectivity index (χ0n) is 26.3. The van der Waals surface area contributed by atoms with E-state index >= 15 is 0 Å². The molecule has 2 aromatic rings. The van der Waals surface area contributed by atoms with Gasteiger partial charge in [-0.15, -0.1) is 0 Å². The minimum atomic E-state index is 1.15. The molecule has 222 valence electrons. The molecule has 39 heavy (non-hydrogen) atoms. The van der Waals surface area contributed by atoms with E-state index in [4.69, 9.17) is 0 Å². The summed E-state index contributed by atoms with van der Waals surface area (Å²) in [5, 5.41) is 0. The molecule has 0 radical (unpaired) electrons. The maximum atomic E-state index is 2.60. The SMILES string of the molecule is CCCCCCCCCCCCCCCCn1cc[n+](CCCc2ccccc2)c1CCCCCCCCC. The molecule has 1 heterocycles. The lowest BCUT2D eigenvalue weighted by atomic mass is 10.0. The van der Waals surface area contributed by atoms with Gasteiger partial charge < -0.3 is 0 Å². The van der Waals surface area contributed by atoms with E-state index in [0.29, 0.717) is 0 Å². The summed E-state index contributed by atoms with van der Waals surface area (Å²) in [6, 6.07) is 11.0. The highest BCUT2D eigenvalue weighted by Crippen LogP contribution is 2.14. The molecule has 0 saturated heterocycles. The first kappa shape index (κ1) is 33.6. The molecule has 1 aromatic heterocycles. The number of unbranched alkanes of at least 4 members (excludes halogenated alkanes) is 19. The highest BCUT2D eigenvalue weighted by atomic mass is 15.1. The van der Waals surface area contributed by atoms with Crippen molar-refractivity contribution in [3.63, 3.8) is 0 Å². The fraction of sp³-hybridized carbons (Fsp3) is 0.757. The van der Waals surface area contributed by atoms with Crippen LogP contribution in [0.1, 0.15) is 166 Å². The Labute approximate surface area is 244 Å². The molecule has 0 fully saturated rings. The zero-order chi connectivity index (χ0) is 27.6. The lowest BCUT2D eigenvalue weighted by molar-refractivity contribution is -0.704. The van der Waals surface area contributed by atoms with Crippen LogP contribution >= 0.6 is 0 Å². The van der Waals surface area contributed by atoms with Crippen molar-refractivity contribution in [3.05, 3.63) is 54.1 Å². The van der Waals surface area contributed by atoms with E-state index in [0.717, 1.165) is 6.54 Å². The number of rotatable bonds is 27. The summed E-state index contributed by atoms with van der Waals surface area (Å²) in [7, 11) is 0. The van der Waals surface area contributed by atoms with E-state index in [1.54, 1.807) is 5.82 Å². The average Bonchev–Trinajstić information content (AvgIpc) is 3.34. The lowest BCUT2D eigenvalue weighted by Gasteiger charge is -2.07. The van der Waals surface area contributed by atoms with E-state index in [1.807, 2.05) is 0 Å².